The highest BCUT2D eigenvalue weighted by atomic mass is 35.5. The summed E-state index contributed by atoms with van der Waals surface area (Å²) in [6, 6.07) is 11.3. The molecule has 27 heavy (non-hydrogen) atoms. The number of likely N-dealkylation sites (N-methyl/N-ethyl adjacent to an activating group) is 1. The van der Waals surface area contributed by atoms with Gasteiger partial charge in [-0.15, -0.1) is 11.3 Å². The first-order chi connectivity index (χ1) is 13.1. The molecule has 2 aliphatic heterocycles. The number of rotatable bonds is 2. The molecule has 0 bridgehead atoms. The minimum absolute atomic E-state index is 0.0183. The Hall–Kier alpha value is -2.28. The van der Waals surface area contributed by atoms with Gasteiger partial charge < -0.3 is 20.0 Å². The lowest BCUT2D eigenvalue weighted by Crippen LogP contribution is -3.08. The number of carbonyl (C=O) groups excluding carboxylic acids is 1. The summed E-state index contributed by atoms with van der Waals surface area (Å²) in [4.78, 5) is 15.6. The number of halogens is 1. The van der Waals surface area contributed by atoms with E-state index in [1.807, 2.05) is 36.4 Å². The Morgan fingerprint density at radius 2 is 2.00 bits per heavy atom. The number of fused-ring (bicyclic) bond motifs is 3. The maximum Gasteiger partial charge on any atom is 0.256 e. The van der Waals surface area contributed by atoms with Gasteiger partial charge in [0.25, 0.3) is 5.91 Å². The lowest BCUT2D eigenvalue weighted by molar-refractivity contribution is -0.895. The summed E-state index contributed by atoms with van der Waals surface area (Å²) in [6.07, 6.45) is 0.588. The van der Waals surface area contributed by atoms with Gasteiger partial charge in [-0.25, -0.2) is 0 Å². The number of hydrogen-bond acceptors (Lipinski definition) is 4. The molecule has 2 atom stereocenters. The normalized spacial score (nSPS) is 21.2. The van der Waals surface area contributed by atoms with Gasteiger partial charge in [0.1, 0.15) is 23.1 Å². The molecule has 7 heteroatoms. The quantitative estimate of drug-likeness (QED) is 0.619. The lowest BCUT2D eigenvalue weighted by atomic mass is 10.0. The summed E-state index contributed by atoms with van der Waals surface area (Å²) in [7, 11) is 2.19. The predicted molar refractivity (Wildman–Crippen MR) is 106 cm³/mol. The molecule has 5 rings (SSSR count). The first-order valence-corrected chi connectivity index (χ1v) is 10.2. The van der Waals surface area contributed by atoms with Crippen LogP contribution in [0.4, 0.5) is 5.00 Å². The summed E-state index contributed by atoms with van der Waals surface area (Å²) >= 11 is 7.65. The molecule has 2 aromatic heterocycles. The van der Waals surface area contributed by atoms with Gasteiger partial charge in [0.05, 0.1) is 24.0 Å². The molecule has 3 N–H and O–H groups in total. The Kier molecular flexibility index (Phi) is 4.00. The van der Waals surface area contributed by atoms with Gasteiger partial charge in [0.15, 0.2) is 6.17 Å². The fourth-order valence-corrected chi connectivity index (χ4v) is 5.27. The molecule has 1 amide bonds. The largest absolute Gasteiger partial charge is 0.457 e. The van der Waals surface area contributed by atoms with Crippen LogP contribution >= 0.6 is 22.9 Å². The number of amides is 1. The van der Waals surface area contributed by atoms with Crippen molar-refractivity contribution in [2.45, 2.75) is 19.1 Å². The Bertz CT molecular complexity index is 1020. The van der Waals surface area contributed by atoms with Crippen molar-refractivity contribution in [1.29, 1.82) is 0 Å². The third-order valence-corrected chi connectivity index (χ3v) is 6.59. The van der Waals surface area contributed by atoms with E-state index in [1.54, 1.807) is 11.3 Å². The maximum absolute atomic E-state index is 12.8. The second kappa shape index (κ2) is 6.41. The van der Waals surface area contributed by atoms with Gasteiger partial charge >= 0.3 is 0 Å². The van der Waals surface area contributed by atoms with Crippen LogP contribution in [0.1, 0.15) is 32.7 Å². The van der Waals surface area contributed by atoms with Gasteiger partial charge in [-0.1, -0.05) is 11.6 Å². The van der Waals surface area contributed by atoms with Crippen molar-refractivity contribution in [3.63, 3.8) is 0 Å². The third kappa shape index (κ3) is 2.94. The monoisotopic (exact) mass is 400 g/mol. The van der Waals surface area contributed by atoms with Crippen molar-refractivity contribution in [2.24, 2.45) is 0 Å². The third-order valence-electron chi connectivity index (χ3n) is 5.17. The molecule has 138 valence electrons. The van der Waals surface area contributed by atoms with Crippen LogP contribution in [0.15, 0.2) is 40.8 Å². The average molecular weight is 401 g/mol. The molecular weight excluding hydrogens is 382 g/mol. The van der Waals surface area contributed by atoms with Gasteiger partial charge in [-0.3, -0.25) is 4.79 Å². The van der Waals surface area contributed by atoms with E-state index < -0.39 is 0 Å². The zero-order valence-corrected chi connectivity index (χ0v) is 16.3. The van der Waals surface area contributed by atoms with Crippen molar-refractivity contribution >= 4 is 33.8 Å². The molecule has 0 saturated carbocycles. The summed E-state index contributed by atoms with van der Waals surface area (Å²) in [5.74, 6) is 1.42. The van der Waals surface area contributed by atoms with Gasteiger partial charge in [0, 0.05) is 17.0 Å². The summed E-state index contributed by atoms with van der Waals surface area (Å²) in [5.41, 5.74) is 2.99. The van der Waals surface area contributed by atoms with Gasteiger partial charge in [-0.2, -0.15) is 0 Å². The highest BCUT2D eigenvalue weighted by Gasteiger charge is 2.34. The summed E-state index contributed by atoms with van der Waals surface area (Å²) < 4.78 is 6.01. The lowest BCUT2D eigenvalue weighted by Gasteiger charge is -2.25. The molecule has 1 aromatic carbocycles. The van der Waals surface area contributed by atoms with Gasteiger partial charge in [-0.05, 0) is 42.0 Å². The van der Waals surface area contributed by atoms with Crippen LogP contribution in [0.3, 0.4) is 0 Å². The zero-order chi connectivity index (χ0) is 18.5. The Labute approximate surface area is 165 Å². The number of nitrogens with one attached hydrogen (secondary N) is 3. The molecule has 0 saturated heterocycles. The molecule has 0 aliphatic carbocycles. The molecular formula is C20H19ClN3O2S+. The van der Waals surface area contributed by atoms with Gasteiger partial charge in [0.2, 0.25) is 0 Å². The van der Waals surface area contributed by atoms with Crippen LogP contribution in [-0.4, -0.2) is 19.5 Å². The van der Waals surface area contributed by atoms with Crippen molar-refractivity contribution in [3.8, 4) is 11.3 Å². The minimum Gasteiger partial charge on any atom is -0.457 e. The van der Waals surface area contributed by atoms with E-state index in [0.29, 0.717) is 10.8 Å². The molecule has 4 heterocycles. The van der Waals surface area contributed by atoms with E-state index in [0.717, 1.165) is 41.4 Å². The number of quaternary nitrogens is 1. The van der Waals surface area contributed by atoms with E-state index in [9.17, 15) is 4.79 Å². The molecule has 5 nitrogen and oxygen atoms in total. The van der Waals surface area contributed by atoms with Crippen molar-refractivity contribution in [1.82, 2.24) is 5.32 Å². The number of hydrogen-bond donors (Lipinski definition) is 3. The summed E-state index contributed by atoms with van der Waals surface area (Å²) in [5, 5.41) is 8.14. The Morgan fingerprint density at radius 3 is 2.81 bits per heavy atom. The highest BCUT2D eigenvalue weighted by Crippen LogP contribution is 2.39. The molecule has 2 aliphatic rings. The Balaban J connectivity index is 1.44. The van der Waals surface area contributed by atoms with Crippen LogP contribution in [0, 0.1) is 0 Å². The van der Waals surface area contributed by atoms with E-state index in [4.69, 9.17) is 16.0 Å². The van der Waals surface area contributed by atoms with E-state index in [-0.39, 0.29) is 12.1 Å². The molecule has 3 aromatic rings. The molecule has 0 spiro atoms. The second-order valence-electron chi connectivity index (χ2n) is 7.10. The minimum atomic E-state index is -0.365. The first kappa shape index (κ1) is 16.9. The second-order valence-corrected chi connectivity index (χ2v) is 8.64. The fourth-order valence-electron chi connectivity index (χ4n) is 3.75. The molecule has 0 fully saturated rings. The average Bonchev–Trinajstić information content (AvgIpc) is 3.26. The topological polar surface area (TPSA) is 58.7 Å². The van der Waals surface area contributed by atoms with Crippen LogP contribution in [0.5, 0.6) is 0 Å². The smallest absolute Gasteiger partial charge is 0.256 e. The standard InChI is InChI=1S/C20H18ClN3O2S/c1-24-9-8-13-16(10-24)27-20-17(13)19(25)22-18(23-20)15-7-6-14(26-15)11-2-4-12(21)5-3-11/h2-7,18,23H,8-10H2,1H3,(H,22,25)/p+1/t18-/m0/s1. The first-order valence-electron chi connectivity index (χ1n) is 8.97. The van der Waals surface area contributed by atoms with Crippen LogP contribution < -0.4 is 15.5 Å². The fraction of sp³-hybridized carbons (Fsp3) is 0.250. The van der Waals surface area contributed by atoms with Crippen LogP contribution in [-0.2, 0) is 13.0 Å². The zero-order valence-electron chi connectivity index (χ0n) is 14.8. The van der Waals surface area contributed by atoms with E-state index >= 15 is 0 Å². The SMILES string of the molecule is C[NH+]1CCc2c(sc3c2C(=O)N[C@H](c2ccc(-c4ccc(Cl)cc4)o2)N3)C1. The molecule has 0 radical (unpaired) electrons. The van der Waals surface area contributed by atoms with Crippen molar-refractivity contribution in [3.05, 3.63) is 63.2 Å². The van der Waals surface area contributed by atoms with E-state index in [2.05, 4.69) is 17.7 Å². The number of thiophene rings is 1. The number of furan rings is 1. The number of carbonyl (C=O) groups is 1. The van der Waals surface area contributed by atoms with Crippen LogP contribution in [0.25, 0.3) is 11.3 Å². The maximum atomic E-state index is 12.8. The van der Waals surface area contributed by atoms with Crippen molar-refractivity contribution < 1.29 is 14.1 Å². The summed E-state index contributed by atoms with van der Waals surface area (Å²) in [6.45, 7) is 2.05. The molecule has 1 unspecified atom stereocenters. The highest BCUT2D eigenvalue weighted by molar-refractivity contribution is 7.16. The number of anilines is 1. The Morgan fingerprint density at radius 1 is 1.19 bits per heavy atom. The van der Waals surface area contributed by atoms with E-state index in [1.165, 1.54) is 15.3 Å². The predicted octanol–water partition coefficient (Wildman–Crippen LogP) is 3.09. The van der Waals surface area contributed by atoms with Crippen LogP contribution in [0.2, 0.25) is 5.02 Å². The number of benzene rings is 1. The van der Waals surface area contributed by atoms with Crippen molar-refractivity contribution in [2.75, 3.05) is 18.9 Å².